The Kier molecular flexibility index (Phi) is 3.26. The molecule has 4 bridgehead atoms. The quantitative estimate of drug-likeness (QED) is 0.905. The van der Waals surface area contributed by atoms with Gasteiger partial charge in [-0.25, -0.2) is 5.01 Å². The van der Waals surface area contributed by atoms with Crippen molar-refractivity contribution in [1.82, 2.24) is 5.01 Å². The fraction of sp³-hybridized carbons (Fsp3) is 0.667. The molecule has 4 aliphatic carbocycles. The van der Waals surface area contributed by atoms with E-state index in [1.807, 2.05) is 43.1 Å². The Morgan fingerprint density at radius 1 is 1.08 bits per heavy atom. The van der Waals surface area contributed by atoms with Gasteiger partial charge < -0.3 is 9.84 Å². The Hall–Kier alpha value is -1.75. The number of benzene rings is 1. The third kappa shape index (κ3) is 2.10. The van der Waals surface area contributed by atoms with Crippen molar-refractivity contribution in [2.45, 2.75) is 63.1 Å². The van der Waals surface area contributed by atoms with Crippen molar-refractivity contribution in [1.29, 1.82) is 0 Å². The molecule has 4 saturated carbocycles. The Labute approximate surface area is 154 Å². The van der Waals surface area contributed by atoms with Crippen LogP contribution in [0.2, 0.25) is 0 Å². The molecule has 26 heavy (non-hydrogen) atoms. The first-order chi connectivity index (χ1) is 12.3. The van der Waals surface area contributed by atoms with Crippen LogP contribution in [0.1, 0.15) is 46.0 Å². The lowest BCUT2D eigenvalue weighted by Crippen LogP contribution is -2.80. The second kappa shape index (κ2) is 5.16. The third-order valence-corrected chi connectivity index (χ3v) is 7.27. The Morgan fingerprint density at radius 2 is 1.69 bits per heavy atom. The average Bonchev–Trinajstić information content (AvgIpc) is 2.59. The SMILES string of the molecule is COc1ccc(N2N(C3[C@@H]4CC5C[C@H]3CC(O)(C5)C4)C(=O)C2(C)C)cc1. The molecule has 0 spiro atoms. The highest BCUT2D eigenvalue weighted by Gasteiger charge is 2.63. The van der Waals surface area contributed by atoms with Crippen molar-refractivity contribution < 1.29 is 14.6 Å². The minimum absolute atomic E-state index is 0.206. The zero-order valence-electron chi connectivity index (χ0n) is 15.8. The number of carbonyl (C=O) groups is 1. The summed E-state index contributed by atoms with van der Waals surface area (Å²) in [6.07, 6.45) is 4.99. The molecule has 1 N–H and O–H groups in total. The molecule has 1 aromatic rings. The van der Waals surface area contributed by atoms with Gasteiger partial charge in [0.1, 0.15) is 11.3 Å². The van der Waals surface area contributed by atoms with Crippen LogP contribution in [0.15, 0.2) is 24.3 Å². The number of methoxy groups -OCH3 is 1. The van der Waals surface area contributed by atoms with Gasteiger partial charge in [-0.1, -0.05) is 0 Å². The fourth-order valence-corrected chi connectivity index (χ4v) is 6.48. The summed E-state index contributed by atoms with van der Waals surface area (Å²) in [5.41, 5.74) is 0.0320. The summed E-state index contributed by atoms with van der Waals surface area (Å²) in [5, 5.41) is 15.1. The standard InChI is InChI=1S/C21H28N2O3/c1-20(2)19(24)22(23(20)16-4-6-17(26-3)7-5-16)18-14-8-13-9-15(18)12-21(25,10-13)11-14/h4-7,13-15,18,25H,8-12H2,1-3H3/t13?,14-,15+,18?,21?. The van der Waals surface area contributed by atoms with E-state index in [0.29, 0.717) is 17.8 Å². The van der Waals surface area contributed by atoms with Crippen LogP contribution in [0.4, 0.5) is 5.69 Å². The van der Waals surface area contributed by atoms with E-state index in [0.717, 1.165) is 43.5 Å². The molecule has 0 aromatic heterocycles. The fourth-order valence-electron chi connectivity index (χ4n) is 6.48. The van der Waals surface area contributed by atoms with Crippen LogP contribution in [-0.4, -0.2) is 40.3 Å². The highest BCUT2D eigenvalue weighted by Crippen LogP contribution is 2.58. The summed E-state index contributed by atoms with van der Waals surface area (Å²) in [6.45, 7) is 4.00. The summed E-state index contributed by atoms with van der Waals surface area (Å²) >= 11 is 0. The molecule has 5 aliphatic rings. The van der Waals surface area contributed by atoms with Crippen molar-refractivity contribution >= 4 is 11.6 Å². The number of anilines is 1. The van der Waals surface area contributed by atoms with Gasteiger partial charge in [-0.15, -0.1) is 0 Å². The molecule has 5 heteroatoms. The van der Waals surface area contributed by atoms with E-state index in [2.05, 4.69) is 5.01 Å². The van der Waals surface area contributed by atoms with Crippen LogP contribution >= 0.6 is 0 Å². The highest BCUT2D eigenvalue weighted by molar-refractivity contribution is 5.98. The molecule has 1 aliphatic heterocycles. The number of rotatable bonds is 3. The van der Waals surface area contributed by atoms with Crippen molar-refractivity contribution in [3.63, 3.8) is 0 Å². The normalized spacial score (nSPS) is 39.9. The lowest BCUT2D eigenvalue weighted by molar-refractivity contribution is -0.190. The molecule has 6 rings (SSSR count). The first-order valence-electron chi connectivity index (χ1n) is 9.83. The van der Waals surface area contributed by atoms with Crippen LogP contribution in [0.3, 0.4) is 0 Å². The summed E-state index contributed by atoms with van der Waals surface area (Å²) in [7, 11) is 1.66. The van der Waals surface area contributed by atoms with E-state index >= 15 is 0 Å². The summed E-state index contributed by atoms with van der Waals surface area (Å²) in [5.74, 6) is 2.52. The molecular weight excluding hydrogens is 328 g/mol. The topological polar surface area (TPSA) is 53.0 Å². The van der Waals surface area contributed by atoms with E-state index in [9.17, 15) is 9.90 Å². The predicted octanol–water partition coefficient (Wildman–Crippen LogP) is 2.98. The van der Waals surface area contributed by atoms with Crippen molar-refractivity contribution in [3.05, 3.63) is 24.3 Å². The zero-order chi connectivity index (χ0) is 18.3. The summed E-state index contributed by atoms with van der Waals surface area (Å²) < 4.78 is 5.28. The Balaban J connectivity index is 1.48. The molecule has 5 atom stereocenters. The van der Waals surface area contributed by atoms with E-state index in [1.165, 1.54) is 0 Å². The van der Waals surface area contributed by atoms with Crippen LogP contribution < -0.4 is 9.75 Å². The average molecular weight is 356 g/mol. The second-order valence-electron chi connectivity index (χ2n) is 9.40. The van der Waals surface area contributed by atoms with Gasteiger partial charge in [-0.2, -0.15) is 0 Å². The van der Waals surface area contributed by atoms with E-state index in [-0.39, 0.29) is 11.9 Å². The van der Waals surface area contributed by atoms with Crippen LogP contribution in [0.25, 0.3) is 0 Å². The number of ether oxygens (including phenoxy) is 1. The molecule has 1 aromatic carbocycles. The monoisotopic (exact) mass is 356 g/mol. The maximum Gasteiger partial charge on any atom is 0.268 e. The molecule has 1 saturated heterocycles. The summed E-state index contributed by atoms with van der Waals surface area (Å²) in [4.78, 5) is 13.1. The van der Waals surface area contributed by atoms with Crippen LogP contribution in [0, 0.1) is 17.8 Å². The number of amides is 1. The Morgan fingerprint density at radius 3 is 2.23 bits per heavy atom. The van der Waals surface area contributed by atoms with Gasteiger partial charge in [0, 0.05) is 0 Å². The largest absolute Gasteiger partial charge is 0.497 e. The zero-order valence-corrected chi connectivity index (χ0v) is 15.8. The first-order valence-corrected chi connectivity index (χ1v) is 9.83. The highest BCUT2D eigenvalue weighted by atomic mass is 16.5. The van der Waals surface area contributed by atoms with Gasteiger partial charge in [0.05, 0.1) is 24.4 Å². The van der Waals surface area contributed by atoms with Gasteiger partial charge in [0.25, 0.3) is 5.91 Å². The molecular formula is C21H28N2O3. The lowest BCUT2D eigenvalue weighted by atomic mass is 9.52. The van der Waals surface area contributed by atoms with Gasteiger partial charge in [-0.05, 0) is 88.0 Å². The number of aliphatic hydroxyl groups is 1. The predicted molar refractivity (Wildman–Crippen MR) is 98.7 cm³/mol. The maximum absolute atomic E-state index is 13.1. The number of hydrazine groups is 1. The lowest BCUT2D eigenvalue weighted by Gasteiger charge is -2.67. The number of hydrogen-bond donors (Lipinski definition) is 1. The van der Waals surface area contributed by atoms with Crippen LogP contribution in [-0.2, 0) is 4.79 Å². The minimum atomic E-state index is -0.528. The molecule has 140 valence electrons. The summed E-state index contributed by atoms with van der Waals surface area (Å²) in [6, 6.07) is 8.19. The number of carbonyl (C=O) groups excluding carboxylic acids is 1. The smallest absolute Gasteiger partial charge is 0.268 e. The Bertz CT molecular complexity index is 728. The van der Waals surface area contributed by atoms with Gasteiger partial charge in [-0.3, -0.25) is 9.80 Å². The molecule has 1 amide bonds. The molecule has 0 radical (unpaired) electrons. The van der Waals surface area contributed by atoms with Gasteiger partial charge in [0.15, 0.2) is 0 Å². The molecule has 5 nitrogen and oxygen atoms in total. The van der Waals surface area contributed by atoms with E-state index in [4.69, 9.17) is 4.74 Å². The van der Waals surface area contributed by atoms with Crippen molar-refractivity contribution in [2.24, 2.45) is 17.8 Å². The third-order valence-electron chi connectivity index (χ3n) is 7.27. The van der Waals surface area contributed by atoms with Gasteiger partial charge >= 0.3 is 0 Å². The van der Waals surface area contributed by atoms with Crippen molar-refractivity contribution in [2.75, 3.05) is 12.1 Å². The second-order valence-corrected chi connectivity index (χ2v) is 9.40. The van der Waals surface area contributed by atoms with Crippen LogP contribution in [0.5, 0.6) is 5.75 Å². The molecule has 5 fully saturated rings. The first kappa shape index (κ1) is 16.4. The maximum atomic E-state index is 13.1. The number of hydrogen-bond acceptors (Lipinski definition) is 4. The van der Waals surface area contributed by atoms with Gasteiger partial charge in [0.2, 0.25) is 0 Å². The number of nitrogens with zero attached hydrogens (tertiary/aromatic N) is 2. The molecule has 1 heterocycles. The molecule has 3 unspecified atom stereocenters. The van der Waals surface area contributed by atoms with Crippen molar-refractivity contribution in [3.8, 4) is 5.75 Å². The van der Waals surface area contributed by atoms with E-state index < -0.39 is 11.1 Å². The minimum Gasteiger partial charge on any atom is -0.497 e. The van der Waals surface area contributed by atoms with E-state index in [1.54, 1.807) is 7.11 Å².